The van der Waals surface area contributed by atoms with Gasteiger partial charge < -0.3 is 5.11 Å². The van der Waals surface area contributed by atoms with Gasteiger partial charge in [0.15, 0.2) is 23.3 Å². The van der Waals surface area contributed by atoms with E-state index < -0.39 is 5.60 Å². The fourth-order valence-electron chi connectivity index (χ4n) is 17.3. The van der Waals surface area contributed by atoms with E-state index in [9.17, 15) is 5.11 Å². The molecule has 2 fully saturated rings. The van der Waals surface area contributed by atoms with Gasteiger partial charge in [0.2, 0.25) is 0 Å². The molecule has 2 aliphatic rings. The van der Waals surface area contributed by atoms with Crippen LogP contribution in [0.2, 0.25) is 0 Å². The number of hydrogen-bond donors (Lipinski definition) is 1. The van der Waals surface area contributed by atoms with Gasteiger partial charge in [0.1, 0.15) is 0 Å². The standard InChI is InChI=1S/C50H49N3.C26H28O.C24H23N3/c1-48(2,3)38-21-17-35(18-22-38)47-52-51-46(34-13-9-7-10-14-34)53(47)41-25-23-39(24-26-41)50(29-11-8-12-30-50)43-28-20-33-15-16-36-31-40(49(4,5)6)32-37-19-27-42(43)45(33)44(36)37;1-25(2,3)20-15-18-8-7-17-10-12-22(26(27)13-5-4-6-14-26)21-11-9-19(16-20)23(18)24(17)21;1-24(2,3)20-16-14-19(15-17-20)23-26-25-22(18-10-6-4-7-11-18)27(23)21-12-8-5-9-13-21/h7,9-10,13-28,31-32H,8,11-12,29-30H2,1-6H3;7-12,15-16,27H,4-6,13-14H2,1-3H3;4-17H,1-3H3. The van der Waals surface area contributed by atoms with Gasteiger partial charge in [-0.2, -0.15) is 0 Å². The van der Waals surface area contributed by atoms with Gasteiger partial charge in [-0.25, -0.2) is 0 Å². The Morgan fingerprint density at radius 2 is 0.598 bits per heavy atom. The van der Waals surface area contributed by atoms with Crippen molar-refractivity contribution in [3.8, 4) is 56.9 Å². The smallest absolute Gasteiger partial charge is 0.168 e. The highest BCUT2D eigenvalue weighted by Gasteiger charge is 2.38. The van der Waals surface area contributed by atoms with Crippen LogP contribution in [-0.2, 0) is 32.7 Å². The zero-order valence-corrected chi connectivity index (χ0v) is 64.5. The summed E-state index contributed by atoms with van der Waals surface area (Å²) in [6.45, 7) is 27.2. The quantitative estimate of drug-likeness (QED) is 0.146. The van der Waals surface area contributed by atoms with Crippen LogP contribution in [0.15, 0.2) is 261 Å². The van der Waals surface area contributed by atoms with E-state index >= 15 is 0 Å². The summed E-state index contributed by atoms with van der Waals surface area (Å²) in [5.74, 6) is 3.39. The van der Waals surface area contributed by atoms with E-state index in [1.54, 1.807) is 0 Å². The third-order valence-electron chi connectivity index (χ3n) is 23.4. The zero-order chi connectivity index (χ0) is 74.2. The Balaban J connectivity index is 0.000000136. The van der Waals surface area contributed by atoms with Crippen molar-refractivity contribution >= 4 is 64.6 Å². The maximum atomic E-state index is 11.4. The SMILES string of the molecule is CC(C)(C)c1cc2ccc3ccc(C4(O)CCCCC4)c4ccc(c1)c2c34.CC(C)(C)c1ccc(-c2nnc(-c3ccccc3)n2-c2ccc(C3(c4ccc5ccc6cc(C(C)(C)C)cc7ccc4c5c67)CCCCC3)cc2)cc1.CC(C)(C)c1ccc(-c2nnc(-c3ccccc3)n2-c2ccccc2)cc1. The molecule has 107 heavy (non-hydrogen) atoms. The molecule has 14 aromatic carbocycles. The second-order valence-electron chi connectivity index (χ2n) is 34.7. The lowest BCUT2D eigenvalue weighted by molar-refractivity contribution is 0.000777. The number of aliphatic hydroxyl groups is 1. The Morgan fingerprint density at radius 1 is 0.280 bits per heavy atom. The molecular formula is C100H100N6O. The van der Waals surface area contributed by atoms with Gasteiger partial charge in [0, 0.05) is 39.0 Å². The van der Waals surface area contributed by atoms with Gasteiger partial charge in [-0.15, -0.1) is 20.4 Å². The Bertz CT molecular complexity index is 5790. The molecule has 1 N–H and O–H groups in total. The van der Waals surface area contributed by atoms with E-state index in [-0.39, 0.29) is 27.1 Å². The molecule has 0 spiro atoms. The van der Waals surface area contributed by atoms with Crippen LogP contribution >= 0.6 is 0 Å². The fraction of sp³-hybridized carbons (Fsp3) is 0.280. The maximum Gasteiger partial charge on any atom is 0.168 e. The van der Waals surface area contributed by atoms with Crippen molar-refractivity contribution in [2.24, 2.45) is 0 Å². The van der Waals surface area contributed by atoms with E-state index in [4.69, 9.17) is 10.2 Å². The molecule has 2 heterocycles. The minimum atomic E-state index is -0.670. The van der Waals surface area contributed by atoms with Crippen molar-refractivity contribution in [2.45, 2.75) is 180 Å². The van der Waals surface area contributed by atoms with Crippen LogP contribution in [0.5, 0.6) is 0 Å². The largest absolute Gasteiger partial charge is 0.385 e. The first kappa shape index (κ1) is 70.7. The van der Waals surface area contributed by atoms with Crippen molar-refractivity contribution in [2.75, 3.05) is 0 Å². The molecule has 0 amide bonds. The summed E-state index contributed by atoms with van der Waals surface area (Å²) in [5.41, 5.74) is 15.4. The van der Waals surface area contributed by atoms with Crippen molar-refractivity contribution in [3.05, 3.63) is 300 Å². The molecule has 0 atom stereocenters. The van der Waals surface area contributed by atoms with Crippen LogP contribution in [0.1, 0.15) is 186 Å². The summed E-state index contributed by atoms with van der Waals surface area (Å²) in [5, 5.41) is 46.1. The highest BCUT2D eigenvalue weighted by Crippen LogP contribution is 2.51. The number of nitrogens with zero attached hydrogens (tertiary/aromatic N) is 6. The van der Waals surface area contributed by atoms with E-state index in [0.717, 1.165) is 101 Å². The summed E-state index contributed by atoms with van der Waals surface area (Å²) >= 11 is 0. The highest BCUT2D eigenvalue weighted by atomic mass is 16.3. The van der Waals surface area contributed by atoms with Gasteiger partial charge in [-0.05, 0) is 175 Å². The lowest BCUT2D eigenvalue weighted by Gasteiger charge is -2.40. The van der Waals surface area contributed by atoms with Crippen LogP contribution in [-0.4, -0.2) is 34.6 Å². The summed E-state index contributed by atoms with van der Waals surface area (Å²) in [6, 6.07) is 95.0. The van der Waals surface area contributed by atoms with Crippen molar-refractivity contribution in [1.82, 2.24) is 29.5 Å². The predicted molar refractivity (Wildman–Crippen MR) is 450 cm³/mol. The third kappa shape index (κ3) is 13.4. The Morgan fingerprint density at radius 3 is 0.991 bits per heavy atom. The van der Waals surface area contributed by atoms with E-state index in [1.807, 2.05) is 36.4 Å². The van der Waals surface area contributed by atoms with Crippen LogP contribution < -0.4 is 0 Å². The van der Waals surface area contributed by atoms with Gasteiger partial charge in [0.05, 0.1) is 5.60 Å². The normalized spacial score (nSPS) is 14.9. The fourth-order valence-corrected chi connectivity index (χ4v) is 17.3. The second kappa shape index (κ2) is 27.6. The maximum absolute atomic E-state index is 11.4. The third-order valence-corrected chi connectivity index (χ3v) is 23.4. The van der Waals surface area contributed by atoms with Gasteiger partial charge >= 0.3 is 0 Å². The molecule has 0 bridgehead atoms. The average molecular weight is 1400 g/mol. The molecule has 7 nitrogen and oxygen atoms in total. The first-order valence-corrected chi connectivity index (χ1v) is 39.0. The summed E-state index contributed by atoms with van der Waals surface area (Å²) in [7, 11) is 0. The molecule has 2 aromatic heterocycles. The summed E-state index contributed by atoms with van der Waals surface area (Å²) in [4.78, 5) is 0. The first-order valence-electron chi connectivity index (χ1n) is 39.0. The first-order chi connectivity index (χ1) is 51.4. The second-order valence-corrected chi connectivity index (χ2v) is 34.7. The zero-order valence-electron chi connectivity index (χ0n) is 64.5. The molecule has 0 saturated heterocycles. The number of para-hydroxylation sites is 1. The van der Waals surface area contributed by atoms with E-state index in [1.165, 1.54) is 124 Å². The molecule has 0 unspecified atom stereocenters. The Hall–Kier alpha value is -10.6. The molecule has 2 aliphatic carbocycles. The van der Waals surface area contributed by atoms with Crippen LogP contribution in [0.3, 0.4) is 0 Å². The molecule has 0 aliphatic heterocycles. The molecule has 16 aromatic rings. The van der Waals surface area contributed by atoms with Crippen LogP contribution in [0.25, 0.3) is 122 Å². The van der Waals surface area contributed by atoms with Gasteiger partial charge in [-0.1, -0.05) is 358 Å². The van der Waals surface area contributed by atoms with E-state index in [2.05, 4.69) is 327 Å². The van der Waals surface area contributed by atoms with Crippen molar-refractivity contribution < 1.29 is 5.11 Å². The number of hydrogen-bond acceptors (Lipinski definition) is 5. The Labute approximate surface area is 632 Å². The average Bonchev–Trinajstić information content (AvgIpc) is 1.36. The molecular weight excluding hydrogens is 1300 g/mol. The number of aromatic nitrogens is 6. The molecule has 536 valence electrons. The molecule has 7 heteroatoms. The van der Waals surface area contributed by atoms with Crippen molar-refractivity contribution in [1.29, 1.82) is 0 Å². The minimum absolute atomic E-state index is 0.0588. The number of rotatable bonds is 9. The number of benzene rings is 14. The minimum Gasteiger partial charge on any atom is -0.385 e. The predicted octanol–water partition coefficient (Wildman–Crippen LogP) is 26.3. The lowest BCUT2D eigenvalue weighted by atomic mass is 9.64. The highest BCUT2D eigenvalue weighted by molar-refractivity contribution is 6.25. The lowest BCUT2D eigenvalue weighted by Crippen LogP contribution is -2.30. The molecule has 18 rings (SSSR count). The van der Waals surface area contributed by atoms with Gasteiger partial charge in [0.25, 0.3) is 0 Å². The monoisotopic (exact) mass is 1400 g/mol. The van der Waals surface area contributed by atoms with Gasteiger partial charge in [-0.3, -0.25) is 9.13 Å². The summed E-state index contributed by atoms with van der Waals surface area (Å²) < 4.78 is 4.36. The Kier molecular flexibility index (Phi) is 18.3. The molecule has 2 saturated carbocycles. The van der Waals surface area contributed by atoms with E-state index in [0.29, 0.717) is 0 Å². The summed E-state index contributed by atoms with van der Waals surface area (Å²) in [6.07, 6.45) is 11.3. The molecule has 0 radical (unpaired) electrons. The van der Waals surface area contributed by atoms with Crippen molar-refractivity contribution in [3.63, 3.8) is 0 Å². The topological polar surface area (TPSA) is 81.7 Å². The van der Waals surface area contributed by atoms with Crippen LogP contribution in [0, 0.1) is 0 Å². The van der Waals surface area contributed by atoms with Crippen LogP contribution in [0.4, 0.5) is 0 Å².